The van der Waals surface area contributed by atoms with Crippen molar-refractivity contribution in [3.8, 4) is 5.75 Å². The van der Waals surface area contributed by atoms with Crippen LogP contribution in [0.1, 0.15) is 25.3 Å². The van der Waals surface area contributed by atoms with Gasteiger partial charge in [0.15, 0.2) is 0 Å². The highest BCUT2D eigenvalue weighted by molar-refractivity contribution is 6.30. The first-order chi connectivity index (χ1) is 11.4. The average Bonchev–Trinajstić information content (AvgIpc) is 2.50. The number of ether oxygens (including phenoxy) is 1. The summed E-state index contributed by atoms with van der Waals surface area (Å²) in [5.41, 5.74) is 1.38. The van der Waals surface area contributed by atoms with Gasteiger partial charge in [-0.15, -0.1) is 0 Å². The highest BCUT2D eigenvalue weighted by Gasteiger charge is 2.24. The van der Waals surface area contributed by atoms with Crippen molar-refractivity contribution in [3.63, 3.8) is 0 Å². The molecule has 0 fully saturated rings. The lowest BCUT2D eigenvalue weighted by Gasteiger charge is -2.21. The molecule has 0 aliphatic carbocycles. The number of benzene rings is 2. The van der Waals surface area contributed by atoms with Crippen LogP contribution in [0.3, 0.4) is 0 Å². The lowest BCUT2D eigenvalue weighted by Crippen LogP contribution is -2.25. The van der Waals surface area contributed by atoms with Crippen molar-refractivity contribution >= 4 is 23.2 Å². The number of amides is 1. The molecular weight excluding hydrogens is 336 g/mol. The zero-order valence-electron chi connectivity index (χ0n) is 13.3. The van der Waals surface area contributed by atoms with Crippen LogP contribution in [-0.4, -0.2) is 12.5 Å². The summed E-state index contributed by atoms with van der Waals surface area (Å²) in [6, 6.07) is 13.0. The molecule has 0 aliphatic rings. The van der Waals surface area contributed by atoms with Crippen LogP contribution in [0, 0.1) is 5.92 Å². The summed E-state index contributed by atoms with van der Waals surface area (Å²) in [6.45, 7) is 1.04. The third-order valence-electron chi connectivity index (χ3n) is 3.53. The van der Waals surface area contributed by atoms with Crippen molar-refractivity contribution in [1.29, 1.82) is 0 Å². The van der Waals surface area contributed by atoms with Crippen LogP contribution in [0.2, 0.25) is 5.02 Å². The van der Waals surface area contributed by atoms with E-state index in [0.717, 1.165) is 5.56 Å². The highest BCUT2D eigenvalue weighted by atomic mass is 35.5. The Bertz CT molecular complexity index is 672. The average molecular weight is 354 g/mol. The maximum atomic E-state index is 12.6. The summed E-state index contributed by atoms with van der Waals surface area (Å²) < 4.78 is 28.6. The summed E-state index contributed by atoms with van der Waals surface area (Å²) in [5, 5.41) is 3.41. The maximum absolute atomic E-state index is 12.6. The number of halogens is 3. The van der Waals surface area contributed by atoms with Gasteiger partial charge in [0.25, 0.3) is 0 Å². The largest absolute Gasteiger partial charge is 0.435 e. The Morgan fingerprint density at radius 1 is 1.04 bits per heavy atom. The number of nitrogens with one attached hydrogen (secondary N) is 1. The minimum absolute atomic E-state index is 0.0427. The van der Waals surface area contributed by atoms with E-state index in [0.29, 0.717) is 10.7 Å². The quantitative estimate of drug-likeness (QED) is 0.763. The fourth-order valence-electron chi connectivity index (χ4n) is 2.45. The lowest BCUT2D eigenvalue weighted by atomic mass is 9.87. The van der Waals surface area contributed by atoms with Crippen LogP contribution in [-0.2, 0) is 4.79 Å². The van der Waals surface area contributed by atoms with Crippen molar-refractivity contribution in [2.24, 2.45) is 5.92 Å². The summed E-state index contributed by atoms with van der Waals surface area (Å²) in [6.07, 6.45) is 0. The molecule has 2 aromatic carbocycles. The Kier molecular flexibility index (Phi) is 6.15. The third kappa shape index (κ3) is 4.93. The predicted molar refractivity (Wildman–Crippen MR) is 90.7 cm³/mol. The van der Waals surface area contributed by atoms with Crippen LogP contribution < -0.4 is 10.1 Å². The van der Waals surface area contributed by atoms with Gasteiger partial charge in [0.1, 0.15) is 5.75 Å². The van der Waals surface area contributed by atoms with E-state index in [1.165, 1.54) is 24.3 Å². The van der Waals surface area contributed by atoms with Gasteiger partial charge < -0.3 is 10.1 Å². The standard InChI is InChI=1S/C18H18ClF2NO2/c1-11(2)16(12-3-5-13(19)6-4-12)17(23)22-14-7-9-15(10-8-14)24-18(20)21/h3-11,16,18H,1-2H3,(H,22,23)/t16-/m0/s1. The molecule has 2 aromatic rings. The Morgan fingerprint density at radius 3 is 2.12 bits per heavy atom. The highest BCUT2D eigenvalue weighted by Crippen LogP contribution is 2.28. The molecule has 0 unspecified atom stereocenters. The van der Waals surface area contributed by atoms with Crippen LogP contribution >= 0.6 is 11.6 Å². The summed E-state index contributed by atoms with van der Waals surface area (Å²) in [7, 11) is 0. The molecule has 0 heterocycles. The molecule has 0 saturated carbocycles. The molecule has 0 aliphatic heterocycles. The maximum Gasteiger partial charge on any atom is 0.387 e. The second-order valence-corrected chi connectivity index (χ2v) is 6.10. The zero-order valence-corrected chi connectivity index (χ0v) is 14.1. The number of rotatable bonds is 6. The third-order valence-corrected chi connectivity index (χ3v) is 3.78. The Balaban J connectivity index is 2.12. The molecule has 0 bridgehead atoms. The van der Waals surface area contributed by atoms with Gasteiger partial charge in [-0.3, -0.25) is 4.79 Å². The molecular formula is C18H18ClF2NO2. The molecule has 1 atom stereocenters. The van der Waals surface area contributed by atoms with Gasteiger partial charge in [-0.2, -0.15) is 8.78 Å². The van der Waals surface area contributed by atoms with E-state index in [1.807, 2.05) is 26.0 Å². The van der Waals surface area contributed by atoms with Crippen LogP contribution in [0.15, 0.2) is 48.5 Å². The monoisotopic (exact) mass is 353 g/mol. The topological polar surface area (TPSA) is 38.3 Å². The number of alkyl halides is 2. The predicted octanol–water partition coefficient (Wildman–Crippen LogP) is 5.32. The molecule has 128 valence electrons. The van der Waals surface area contributed by atoms with Gasteiger partial charge >= 0.3 is 6.61 Å². The smallest absolute Gasteiger partial charge is 0.387 e. The number of anilines is 1. The Hall–Kier alpha value is -2.14. The molecule has 1 amide bonds. The van der Waals surface area contributed by atoms with E-state index in [4.69, 9.17) is 11.6 Å². The van der Waals surface area contributed by atoms with Gasteiger partial charge in [0.05, 0.1) is 5.92 Å². The summed E-state index contributed by atoms with van der Waals surface area (Å²) in [4.78, 5) is 12.6. The molecule has 0 radical (unpaired) electrons. The van der Waals surface area contributed by atoms with Crippen LogP contribution in [0.25, 0.3) is 0 Å². The van der Waals surface area contributed by atoms with Gasteiger partial charge in [-0.05, 0) is 47.9 Å². The van der Waals surface area contributed by atoms with E-state index in [2.05, 4.69) is 10.1 Å². The minimum atomic E-state index is -2.87. The number of hydrogen-bond donors (Lipinski definition) is 1. The minimum Gasteiger partial charge on any atom is -0.435 e. The molecule has 0 spiro atoms. The van der Waals surface area contributed by atoms with Crippen LogP contribution in [0.5, 0.6) is 5.75 Å². The molecule has 1 N–H and O–H groups in total. The molecule has 3 nitrogen and oxygen atoms in total. The van der Waals surface area contributed by atoms with Crippen LogP contribution in [0.4, 0.5) is 14.5 Å². The van der Waals surface area contributed by atoms with Gasteiger partial charge in [-0.1, -0.05) is 37.6 Å². The Labute approximate surface area is 144 Å². The first kappa shape index (κ1) is 18.2. The number of carbonyl (C=O) groups is 1. The normalized spacial score (nSPS) is 12.3. The van der Waals surface area contributed by atoms with E-state index >= 15 is 0 Å². The fraction of sp³-hybridized carbons (Fsp3) is 0.278. The van der Waals surface area contributed by atoms with Crippen molar-refractivity contribution in [3.05, 3.63) is 59.1 Å². The number of carbonyl (C=O) groups excluding carboxylic acids is 1. The van der Waals surface area contributed by atoms with Crippen molar-refractivity contribution in [2.45, 2.75) is 26.4 Å². The van der Waals surface area contributed by atoms with Crippen molar-refractivity contribution in [1.82, 2.24) is 0 Å². The Morgan fingerprint density at radius 2 is 1.62 bits per heavy atom. The van der Waals surface area contributed by atoms with E-state index in [9.17, 15) is 13.6 Å². The van der Waals surface area contributed by atoms with E-state index < -0.39 is 6.61 Å². The van der Waals surface area contributed by atoms with Gasteiger partial charge in [-0.25, -0.2) is 0 Å². The summed E-state index contributed by atoms with van der Waals surface area (Å²) >= 11 is 5.89. The first-order valence-corrected chi connectivity index (χ1v) is 7.86. The fourth-order valence-corrected chi connectivity index (χ4v) is 2.57. The van der Waals surface area contributed by atoms with Gasteiger partial charge in [0, 0.05) is 10.7 Å². The summed E-state index contributed by atoms with van der Waals surface area (Å²) in [5.74, 6) is -0.400. The molecule has 24 heavy (non-hydrogen) atoms. The number of hydrogen-bond acceptors (Lipinski definition) is 2. The van der Waals surface area contributed by atoms with E-state index in [1.54, 1.807) is 12.1 Å². The van der Waals surface area contributed by atoms with Crippen molar-refractivity contribution in [2.75, 3.05) is 5.32 Å². The second kappa shape index (κ2) is 8.11. The molecule has 0 saturated heterocycles. The first-order valence-electron chi connectivity index (χ1n) is 7.48. The SMILES string of the molecule is CC(C)[C@H](C(=O)Nc1ccc(OC(F)F)cc1)c1ccc(Cl)cc1. The molecule has 2 rings (SSSR count). The molecule has 6 heteroatoms. The second-order valence-electron chi connectivity index (χ2n) is 5.67. The zero-order chi connectivity index (χ0) is 17.7. The van der Waals surface area contributed by atoms with Crippen molar-refractivity contribution < 1.29 is 18.3 Å². The van der Waals surface area contributed by atoms with E-state index in [-0.39, 0.29) is 23.5 Å². The lowest BCUT2D eigenvalue weighted by molar-refractivity contribution is -0.118. The van der Waals surface area contributed by atoms with Gasteiger partial charge in [0.2, 0.25) is 5.91 Å². The molecule has 0 aromatic heterocycles.